The first-order valence-electron chi connectivity index (χ1n) is 7.02. The molecule has 0 spiro atoms. The van der Waals surface area contributed by atoms with E-state index in [1.807, 2.05) is 0 Å². The van der Waals surface area contributed by atoms with Crippen LogP contribution in [0.5, 0.6) is 0 Å². The van der Waals surface area contributed by atoms with Gasteiger partial charge >= 0.3 is 0 Å². The van der Waals surface area contributed by atoms with E-state index in [9.17, 15) is 22.4 Å². The molecule has 0 saturated heterocycles. The Morgan fingerprint density at radius 2 is 1.04 bits per heavy atom. The molecule has 0 bridgehead atoms. The van der Waals surface area contributed by atoms with Crippen LogP contribution in [0.15, 0.2) is 36.4 Å². The van der Waals surface area contributed by atoms with Crippen molar-refractivity contribution in [2.75, 3.05) is 13.2 Å². The Labute approximate surface area is 135 Å². The number of Topliss-reactive ketones (excluding diaryl/α,β-unsaturated/α-hetero) is 1. The smallest absolute Gasteiger partial charge is 0.184 e. The number of carbonyl (C=O) groups excluding carboxylic acids is 1. The van der Waals surface area contributed by atoms with Gasteiger partial charge in [0.15, 0.2) is 5.78 Å². The van der Waals surface area contributed by atoms with Crippen LogP contribution in [0.2, 0.25) is 0 Å². The zero-order valence-electron chi connectivity index (χ0n) is 12.5. The lowest BCUT2D eigenvalue weighted by Crippen LogP contribution is -2.16. The number of halogens is 4. The average Bonchev–Trinajstić information content (AvgIpc) is 2.53. The summed E-state index contributed by atoms with van der Waals surface area (Å²) in [6, 6.07) is 6.75. The van der Waals surface area contributed by atoms with Crippen LogP contribution in [-0.4, -0.2) is 19.0 Å². The molecule has 0 saturated carbocycles. The molecule has 0 unspecified atom stereocenters. The molecule has 0 heterocycles. The number of rotatable bonds is 8. The van der Waals surface area contributed by atoms with Gasteiger partial charge in [0.05, 0.1) is 13.2 Å². The highest BCUT2D eigenvalue weighted by Crippen LogP contribution is 2.14. The lowest BCUT2D eigenvalue weighted by Gasteiger charge is -2.08. The average molecular weight is 342 g/mol. The third-order valence-electron chi connectivity index (χ3n) is 3.14. The minimum absolute atomic E-state index is 0.278. The zero-order chi connectivity index (χ0) is 17.5. The second-order valence-electron chi connectivity index (χ2n) is 4.92. The van der Waals surface area contributed by atoms with Gasteiger partial charge in [-0.05, 0) is 24.3 Å². The van der Waals surface area contributed by atoms with E-state index in [0.29, 0.717) is 0 Å². The van der Waals surface area contributed by atoms with Gasteiger partial charge in [0.2, 0.25) is 0 Å². The maximum absolute atomic E-state index is 13.3. The summed E-state index contributed by atoms with van der Waals surface area (Å²) < 4.78 is 63.2. The van der Waals surface area contributed by atoms with E-state index in [2.05, 4.69) is 0 Å². The number of ketones is 1. The summed E-state index contributed by atoms with van der Waals surface area (Å²) in [5, 5.41) is 0. The summed E-state index contributed by atoms with van der Waals surface area (Å²) in [5.41, 5.74) is -0.556. The summed E-state index contributed by atoms with van der Waals surface area (Å²) in [6.45, 7) is -1.70. The molecule has 0 amide bonds. The van der Waals surface area contributed by atoms with Gasteiger partial charge in [-0.3, -0.25) is 4.79 Å². The van der Waals surface area contributed by atoms with Gasteiger partial charge in [0.25, 0.3) is 0 Å². The molecule has 2 aromatic rings. The van der Waals surface area contributed by atoms with Crippen LogP contribution >= 0.6 is 0 Å². The second-order valence-corrected chi connectivity index (χ2v) is 4.92. The fraction of sp³-hybridized carbons (Fsp3) is 0.235. The van der Waals surface area contributed by atoms with Gasteiger partial charge in [-0.1, -0.05) is 12.1 Å². The number of hydrogen-bond donors (Lipinski definition) is 0. The van der Waals surface area contributed by atoms with E-state index in [0.717, 1.165) is 24.3 Å². The Hall–Kier alpha value is -2.25. The molecule has 7 heteroatoms. The van der Waals surface area contributed by atoms with Crippen LogP contribution in [0.25, 0.3) is 0 Å². The third-order valence-corrected chi connectivity index (χ3v) is 3.14. The maximum atomic E-state index is 13.3. The molecule has 0 aromatic heterocycles. The van der Waals surface area contributed by atoms with Crippen molar-refractivity contribution >= 4 is 5.78 Å². The molecule has 0 atom stereocenters. The van der Waals surface area contributed by atoms with Crippen molar-refractivity contribution in [1.29, 1.82) is 0 Å². The summed E-state index contributed by atoms with van der Waals surface area (Å²) in [6.07, 6.45) is 0. The number of carbonyl (C=O) groups is 1. The molecule has 0 aliphatic rings. The van der Waals surface area contributed by atoms with Crippen LogP contribution in [0.3, 0.4) is 0 Å². The Bertz CT molecular complexity index is 619. The van der Waals surface area contributed by atoms with Crippen molar-refractivity contribution in [1.82, 2.24) is 0 Å². The Kier molecular flexibility index (Phi) is 6.45. The standard InChI is InChI=1S/C17H14F4O3/c18-14-3-1-4-15(19)12(14)9-23-7-11(22)8-24-10-13-16(20)5-2-6-17(13)21/h1-6H,7-10H2. The molecule has 2 rings (SSSR count). The fourth-order valence-electron chi connectivity index (χ4n) is 1.92. The molecule has 128 valence electrons. The van der Waals surface area contributed by atoms with Crippen molar-refractivity contribution in [3.63, 3.8) is 0 Å². The first-order chi connectivity index (χ1) is 11.5. The predicted molar refractivity (Wildman–Crippen MR) is 77.0 cm³/mol. The van der Waals surface area contributed by atoms with Crippen LogP contribution in [0, 0.1) is 23.3 Å². The van der Waals surface area contributed by atoms with Gasteiger partial charge in [0.1, 0.15) is 36.5 Å². The number of ether oxygens (including phenoxy) is 2. The summed E-state index contributed by atoms with van der Waals surface area (Å²) in [4.78, 5) is 11.5. The van der Waals surface area contributed by atoms with Gasteiger partial charge in [-0.15, -0.1) is 0 Å². The molecule has 0 aliphatic carbocycles. The van der Waals surface area contributed by atoms with Crippen molar-refractivity contribution in [2.24, 2.45) is 0 Å². The van der Waals surface area contributed by atoms with Gasteiger partial charge < -0.3 is 9.47 Å². The molecule has 0 aliphatic heterocycles. The van der Waals surface area contributed by atoms with Crippen molar-refractivity contribution in [3.8, 4) is 0 Å². The number of benzene rings is 2. The van der Waals surface area contributed by atoms with E-state index in [1.54, 1.807) is 0 Å². The minimum atomic E-state index is -0.770. The molecule has 0 fully saturated rings. The highest BCUT2D eigenvalue weighted by Gasteiger charge is 2.11. The fourth-order valence-corrected chi connectivity index (χ4v) is 1.92. The second kappa shape index (κ2) is 8.56. The molecule has 2 aromatic carbocycles. The highest BCUT2D eigenvalue weighted by atomic mass is 19.1. The number of hydrogen-bond acceptors (Lipinski definition) is 3. The van der Waals surface area contributed by atoms with Crippen LogP contribution < -0.4 is 0 Å². The molecule has 0 radical (unpaired) electrons. The van der Waals surface area contributed by atoms with Gasteiger partial charge in [-0.2, -0.15) is 0 Å². The quantitative estimate of drug-likeness (QED) is 0.689. The lowest BCUT2D eigenvalue weighted by atomic mass is 10.2. The molecule has 3 nitrogen and oxygen atoms in total. The van der Waals surface area contributed by atoms with E-state index in [4.69, 9.17) is 9.47 Å². The predicted octanol–water partition coefficient (Wildman–Crippen LogP) is 3.55. The van der Waals surface area contributed by atoms with Crippen LogP contribution in [0.4, 0.5) is 17.6 Å². The minimum Gasteiger partial charge on any atom is -0.369 e. The summed E-state index contributed by atoms with van der Waals surface area (Å²) >= 11 is 0. The Morgan fingerprint density at radius 3 is 1.38 bits per heavy atom. The SMILES string of the molecule is O=C(COCc1c(F)cccc1F)COCc1c(F)cccc1F. The van der Waals surface area contributed by atoms with Crippen molar-refractivity contribution in [3.05, 3.63) is 70.8 Å². The first kappa shape index (κ1) is 18.1. The Balaban J connectivity index is 1.74. The van der Waals surface area contributed by atoms with Gasteiger partial charge in [-0.25, -0.2) is 17.6 Å². The third kappa shape index (κ3) is 4.87. The topological polar surface area (TPSA) is 35.5 Å². The Morgan fingerprint density at radius 1 is 0.708 bits per heavy atom. The van der Waals surface area contributed by atoms with E-state index in [-0.39, 0.29) is 11.1 Å². The van der Waals surface area contributed by atoms with E-state index < -0.39 is 55.5 Å². The first-order valence-corrected chi connectivity index (χ1v) is 7.02. The normalized spacial score (nSPS) is 10.8. The maximum Gasteiger partial charge on any atom is 0.184 e. The zero-order valence-corrected chi connectivity index (χ0v) is 12.5. The van der Waals surface area contributed by atoms with Gasteiger partial charge in [0, 0.05) is 11.1 Å². The van der Waals surface area contributed by atoms with Crippen LogP contribution in [0.1, 0.15) is 11.1 Å². The van der Waals surface area contributed by atoms with Crippen LogP contribution in [-0.2, 0) is 27.5 Å². The molecule has 0 N–H and O–H groups in total. The molecular formula is C17H14F4O3. The monoisotopic (exact) mass is 342 g/mol. The largest absolute Gasteiger partial charge is 0.369 e. The molecule has 24 heavy (non-hydrogen) atoms. The summed E-state index contributed by atoms with van der Waals surface area (Å²) in [7, 11) is 0. The lowest BCUT2D eigenvalue weighted by molar-refractivity contribution is -0.129. The van der Waals surface area contributed by atoms with Crippen molar-refractivity contribution < 1.29 is 31.8 Å². The summed E-state index contributed by atoms with van der Waals surface area (Å²) in [5.74, 6) is -3.60. The highest BCUT2D eigenvalue weighted by molar-refractivity contribution is 5.80. The van der Waals surface area contributed by atoms with E-state index in [1.165, 1.54) is 12.1 Å². The van der Waals surface area contributed by atoms with Crippen molar-refractivity contribution in [2.45, 2.75) is 13.2 Å². The molecular weight excluding hydrogens is 328 g/mol. The van der Waals surface area contributed by atoms with E-state index >= 15 is 0 Å².